The molecule has 1 saturated heterocycles. The smallest absolute Gasteiger partial charge is 0.200 e. The number of phenols is 1. The first-order chi connectivity index (χ1) is 12.6. The van der Waals surface area contributed by atoms with Crippen LogP contribution in [0.4, 0.5) is 0 Å². The van der Waals surface area contributed by atoms with E-state index in [0.717, 1.165) is 17.7 Å². The molecular weight excluding hydrogens is 326 g/mol. The Kier molecular flexibility index (Phi) is 4.51. The number of quaternary nitrogens is 1. The molecular formula is C22H24NO3+. The highest BCUT2D eigenvalue weighted by atomic mass is 16.3. The second-order valence-corrected chi connectivity index (χ2v) is 7.27. The normalized spacial score (nSPS) is 20.3. The second-order valence-electron chi connectivity index (χ2n) is 7.27. The van der Waals surface area contributed by atoms with Crippen molar-refractivity contribution in [3.63, 3.8) is 0 Å². The number of benzene rings is 2. The van der Waals surface area contributed by atoms with Gasteiger partial charge in [-0.15, -0.1) is 0 Å². The van der Waals surface area contributed by atoms with E-state index in [4.69, 9.17) is 4.42 Å². The zero-order valence-electron chi connectivity index (χ0n) is 15.0. The van der Waals surface area contributed by atoms with E-state index in [9.17, 15) is 9.90 Å². The summed E-state index contributed by atoms with van der Waals surface area (Å²) < 4.78 is 5.89. The Labute approximate surface area is 152 Å². The molecule has 1 aromatic heterocycles. The summed E-state index contributed by atoms with van der Waals surface area (Å²) >= 11 is 0. The first kappa shape index (κ1) is 16.9. The molecule has 4 rings (SSSR count). The summed E-state index contributed by atoms with van der Waals surface area (Å²) in [6, 6.07) is 13.4. The number of likely N-dealkylation sites (tertiary alicyclic amines) is 1. The fraction of sp³-hybridized carbons (Fsp3) is 0.318. The standard InChI is InChI=1S/C22H23NO3/c1-15-7-5-6-12-23(15)13-18-20(24)11-10-17-21(25)19(14-26-22(17)18)16-8-3-2-4-9-16/h2-4,8-11,14-15,24H,5-7,12-13H2,1H3/p+1. The number of phenolic OH excluding ortho intramolecular Hbond substituents is 1. The number of fused-ring (bicyclic) bond motifs is 1. The van der Waals surface area contributed by atoms with Gasteiger partial charge in [-0.05, 0) is 43.9 Å². The van der Waals surface area contributed by atoms with Crippen LogP contribution in [0, 0.1) is 0 Å². The maximum Gasteiger partial charge on any atom is 0.200 e. The van der Waals surface area contributed by atoms with Gasteiger partial charge in [0.2, 0.25) is 5.43 Å². The summed E-state index contributed by atoms with van der Waals surface area (Å²) in [5, 5.41) is 11.0. The first-order valence-electron chi connectivity index (χ1n) is 9.31. The van der Waals surface area contributed by atoms with E-state index in [2.05, 4.69) is 6.92 Å². The molecule has 0 radical (unpaired) electrons. The SMILES string of the molecule is CC1CCCC[NH+]1Cc1c(O)ccc2c(=O)c(-c3ccccc3)coc12. The van der Waals surface area contributed by atoms with Gasteiger partial charge in [0, 0.05) is 0 Å². The van der Waals surface area contributed by atoms with Gasteiger partial charge in [0.15, 0.2) is 0 Å². The molecule has 0 bridgehead atoms. The number of rotatable bonds is 3. The molecule has 2 unspecified atom stereocenters. The molecule has 0 saturated carbocycles. The van der Waals surface area contributed by atoms with Gasteiger partial charge < -0.3 is 14.4 Å². The molecule has 1 aliphatic heterocycles. The van der Waals surface area contributed by atoms with Gasteiger partial charge in [0.05, 0.1) is 29.1 Å². The molecule has 2 aromatic carbocycles. The van der Waals surface area contributed by atoms with Crippen LogP contribution < -0.4 is 10.3 Å². The van der Waals surface area contributed by atoms with E-state index >= 15 is 0 Å². The predicted octanol–water partition coefficient (Wildman–Crippen LogP) is 3.12. The molecule has 2 atom stereocenters. The monoisotopic (exact) mass is 350 g/mol. The van der Waals surface area contributed by atoms with E-state index < -0.39 is 0 Å². The first-order valence-corrected chi connectivity index (χ1v) is 9.31. The van der Waals surface area contributed by atoms with Gasteiger partial charge in [0.1, 0.15) is 24.1 Å². The van der Waals surface area contributed by atoms with Crippen molar-refractivity contribution in [2.45, 2.75) is 38.8 Å². The fourth-order valence-corrected chi connectivity index (χ4v) is 3.98. The highest BCUT2D eigenvalue weighted by molar-refractivity contribution is 5.85. The minimum absolute atomic E-state index is 0.0552. The Hall–Kier alpha value is -2.59. The predicted molar refractivity (Wildman–Crippen MR) is 102 cm³/mol. The zero-order chi connectivity index (χ0) is 18.1. The molecule has 0 amide bonds. The molecule has 4 heteroatoms. The lowest BCUT2D eigenvalue weighted by atomic mass is 10.0. The number of hydrogen-bond donors (Lipinski definition) is 2. The molecule has 0 aliphatic carbocycles. The molecule has 26 heavy (non-hydrogen) atoms. The molecule has 1 fully saturated rings. The molecule has 0 spiro atoms. The fourth-order valence-electron chi connectivity index (χ4n) is 3.98. The lowest BCUT2D eigenvalue weighted by Gasteiger charge is -2.30. The Morgan fingerprint density at radius 1 is 1.15 bits per heavy atom. The van der Waals surface area contributed by atoms with Crippen molar-refractivity contribution in [1.82, 2.24) is 0 Å². The summed E-state index contributed by atoms with van der Waals surface area (Å²) in [4.78, 5) is 14.4. The Bertz CT molecular complexity index is 978. The quantitative estimate of drug-likeness (QED) is 0.763. The van der Waals surface area contributed by atoms with Crippen LogP contribution in [0.2, 0.25) is 0 Å². The molecule has 2 heterocycles. The minimum atomic E-state index is -0.0552. The van der Waals surface area contributed by atoms with Crippen molar-refractivity contribution in [1.29, 1.82) is 0 Å². The van der Waals surface area contributed by atoms with Gasteiger partial charge in [-0.25, -0.2) is 0 Å². The molecule has 4 nitrogen and oxygen atoms in total. The van der Waals surface area contributed by atoms with Gasteiger partial charge in [-0.3, -0.25) is 4.79 Å². The number of aromatic hydroxyl groups is 1. The van der Waals surface area contributed by atoms with Crippen molar-refractivity contribution in [3.05, 3.63) is 64.5 Å². The van der Waals surface area contributed by atoms with E-state index in [1.165, 1.54) is 30.4 Å². The van der Waals surface area contributed by atoms with Crippen LogP contribution in [-0.4, -0.2) is 17.7 Å². The third-order valence-electron chi connectivity index (χ3n) is 5.59. The van der Waals surface area contributed by atoms with E-state index in [-0.39, 0.29) is 11.2 Å². The van der Waals surface area contributed by atoms with Crippen LogP contribution in [0.15, 0.2) is 57.9 Å². The van der Waals surface area contributed by atoms with Crippen LogP contribution in [0.25, 0.3) is 22.1 Å². The topological polar surface area (TPSA) is 54.9 Å². The van der Waals surface area contributed by atoms with Crippen LogP contribution >= 0.6 is 0 Å². The average Bonchev–Trinajstić information content (AvgIpc) is 2.66. The summed E-state index contributed by atoms with van der Waals surface area (Å²) in [5.41, 5.74) is 2.59. The van der Waals surface area contributed by atoms with E-state index in [0.29, 0.717) is 29.1 Å². The lowest BCUT2D eigenvalue weighted by molar-refractivity contribution is -0.941. The molecule has 3 aromatic rings. The van der Waals surface area contributed by atoms with Crippen LogP contribution in [-0.2, 0) is 6.54 Å². The van der Waals surface area contributed by atoms with Crippen molar-refractivity contribution >= 4 is 11.0 Å². The maximum atomic E-state index is 13.0. The number of piperidine rings is 1. The van der Waals surface area contributed by atoms with Crippen molar-refractivity contribution in [3.8, 4) is 16.9 Å². The third kappa shape index (κ3) is 3.01. The van der Waals surface area contributed by atoms with Crippen molar-refractivity contribution in [2.75, 3.05) is 6.54 Å². The van der Waals surface area contributed by atoms with Crippen LogP contribution in [0.5, 0.6) is 5.75 Å². The number of nitrogens with one attached hydrogen (secondary N) is 1. The summed E-state index contributed by atoms with van der Waals surface area (Å²) in [5.74, 6) is 0.207. The highest BCUT2D eigenvalue weighted by Gasteiger charge is 2.25. The Morgan fingerprint density at radius 3 is 2.73 bits per heavy atom. The summed E-state index contributed by atoms with van der Waals surface area (Å²) in [7, 11) is 0. The van der Waals surface area contributed by atoms with Gasteiger partial charge in [-0.1, -0.05) is 30.3 Å². The third-order valence-corrected chi connectivity index (χ3v) is 5.59. The maximum absolute atomic E-state index is 13.0. The lowest BCUT2D eigenvalue weighted by Crippen LogP contribution is -3.14. The van der Waals surface area contributed by atoms with E-state index in [1.807, 2.05) is 30.3 Å². The highest BCUT2D eigenvalue weighted by Crippen LogP contribution is 2.27. The summed E-state index contributed by atoms with van der Waals surface area (Å²) in [6.07, 6.45) is 5.19. The van der Waals surface area contributed by atoms with Crippen LogP contribution in [0.1, 0.15) is 31.7 Å². The minimum Gasteiger partial charge on any atom is -0.507 e. The average molecular weight is 350 g/mol. The molecule has 1 aliphatic rings. The van der Waals surface area contributed by atoms with Gasteiger partial charge in [0.25, 0.3) is 0 Å². The van der Waals surface area contributed by atoms with Crippen LogP contribution in [0.3, 0.4) is 0 Å². The summed E-state index contributed by atoms with van der Waals surface area (Å²) in [6.45, 7) is 4.02. The van der Waals surface area contributed by atoms with E-state index in [1.54, 1.807) is 12.1 Å². The largest absolute Gasteiger partial charge is 0.507 e. The van der Waals surface area contributed by atoms with Crippen molar-refractivity contribution < 1.29 is 14.4 Å². The molecule has 2 N–H and O–H groups in total. The second kappa shape index (κ2) is 6.96. The molecule has 134 valence electrons. The van der Waals surface area contributed by atoms with Gasteiger partial charge >= 0.3 is 0 Å². The number of hydrogen-bond acceptors (Lipinski definition) is 3. The van der Waals surface area contributed by atoms with Gasteiger partial charge in [-0.2, -0.15) is 0 Å². The Morgan fingerprint density at radius 2 is 1.96 bits per heavy atom. The van der Waals surface area contributed by atoms with Crippen molar-refractivity contribution in [2.24, 2.45) is 0 Å². The zero-order valence-corrected chi connectivity index (χ0v) is 15.0. The Balaban J connectivity index is 1.80.